The first-order valence-corrected chi connectivity index (χ1v) is 4.67. The van der Waals surface area contributed by atoms with Gasteiger partial charge < -0.3 is 16.2 Å². The summed E-state index contributed by atoms with van der Waals surface area (Å²) in [6, 6.07) is 0. The molecular formula is C9H16N2O3. The van der Waals surface area contributed by atoms with Crippen LogP contribution in [-0.2, 0) is 4.79 Å². The van der Waals surface area contributed by atoms with E-state index in [2.05, 4.69) is 5.32 Å². The summed E-state index contributed by atoms with van der Waals surface area (Å²) in [5, 5.41) is 10.7. The van der Waals surface area contributed by atoms with Crippen LogP contribution in [0.15, 0.2) is 0 Å². The lowest BCUT2D eigenvalue weighted by Gasteiger charge is -2.14. The van der Waals surface area contributed by atoms with Crippen LogP contribution < -0.4 is 11.1 Å². The average Bonchev–Trinajstić information content (AvgIpc) is 2.76. The molecule has 1 saturated carbocycles. The van der Waals surface area contributed by atoms with Crippen LogP contribution in [0.5, 0.6) is 0 Å². The standard InChI is InChI=1S/C9H16N2O3/c1-5(2)6-3-9(6,7(10)12)4-11-8(13)14/h5-6,11H,3-4H2,1-2H3,(H2,10,12)(H,13,14). The molecule has 0 radical (unpaired) electrons. The Morgan fingerprint density at radius 1 is 1.64 bits per heavy atom. The summed E-state index contributed by atoms with van der Waals surface area (Å²) < 4.78 is 0. The number of primary amides is 1. The molecule has 2 atom stereocenters. The Labute approximate surface area is 82.7 Å². The van der Waals surface area contributed by atoms with E-state index in [-0.39, 0.29) is 12.5 Å². The van der Waals surface area contributed by atoms with Crippen molar-refractivity contribution in [3.63, 3.8) is 0 Å². The molecule has 2 unspecified atom stereocenters. The molecule has 1 aliphatic carbocycles. The number of nitrogens with two attached hydrogens (primary N) is 1. The fraction of sp³-hybridized carbons (Fsp3) is 0.778. The van der Waals surface area contributed by atoms with Crippen LogP contribution in [0.1, 0.15) is 20.3 Å². The Bertz CT molecular complexity index is 265. The molecule has 1 rings (SSSR count). The van der Waals surface area contributed by atoms with Crippen molar-refractivity contribution in [2.75, 3.05) is 6.54 Å². The number of hydrogen-bond donors (Lipinski definition) is 3. The van der Waals surface area contributed by atoms with Crippen LogP contribution in [0.25, 0.3) is 0 Å². The Morgan fingerprint density at radius 2 is 2.21 bits per heavy atom. The number of nitrogens with one attached hydrogen (secondary N) is 1. The molecule has 0 aliphatic heterocycles. The van der Waals surface area contributed by atoms with Gasteiger partial charge in [-0.05, 0) is 18.3 Å². The number of carbonyl (C=O) groups excluding carboxylic acids is 1. The van der Waals surface area contributed by atoms with Gasteiger partial charge in [0.25, 0.3) is 0 Å². The van der Waals surface area contributed by atoms with Crippen molar-refractivity contribution in [1.82, 2.24) is 5.32 Å². The highest BCUT2D eigenvalue weighted by Crippen LogP contribution is 2.55. The highest BCUT2D eigenvalue weighted by atomic mass is 16.4. The zero-order valence-electron chi connectivity index (χ0n) is 8.41. The Kier molecular flexibility index (Phi) is 2.69. The van der Waals surface area contributed by atoms with Gasteiger partial charge >= 0.3 is 6.09 Å². The van der Waals surface area contributed by atoms with Gasteiger partial charge in [-0.15, -0.1) is 0 Å². The van der Waals surface area contributed by atoms with Crippen molar-refractivity contribution < 1.29 is 14.7 Å². The zero-order chi connectivity index (χ0) is 10.9. The molecule has 0 saturated heterocycles. The van der Waals surface area contributed by atoms with Crippen LogP contribution >= 0.6 is 0 Å². The monoisotopic (exact) mass is 200 g/mol. The molecule has 0 heterocycles. The molecule has 0 aromatic carbocycles. The Morgan fingerprint density at radius 3 is 2.50 bits per heavy atom. The molecule has 0 aromatic rings. The van der Waals surface area contributed by atoms with Gasteiger partial charge in [-0.3, -0.25) is 4.79 Å². The number of hydrogen-bond acceptors (Lipinski definition) is 2. The van der Waals surface area contributed by atoms with E-state index in [1.807, 2.05) is 13.8 Å². The van der Waals surface area contributed by atoms with E-state index in [0.29, 0.717) is 12.3 Å². The number of carboxylic acid groups (broad SMARTS) is 1. The molecule has 0 aromatic heterocycles. The minimum absolute atomic E-state index is 0.139. The molecule has 1 fully saturated rings. The molecule has 14 heavy (non-hydrogen) atoms. The maximum absolute atomic E-state index is 11.2. The SMILES string of the molecule is CC(C)C1CC1(CNC(=O)O)C(N)=O. The van der Waals surface area contributed by atoms with E-state index >= 15 is 0 Å². The first-order valence-electron chi connectivity index (χ1n) is 4.67. The van der Waals surface area contributed by atoms with Gasteiger partial charge in [0, 0.05) is 6.54 Å². The van der Waals surface area contributed by atoms with Crippen molar-refractivity contribution in [2.24, 2.45) is 23.0 Å². The smallest absolute Gasteiger partial charge is 0.404 e. The summed E-state index contributed by atoms with van der Waals surface area (Å²) in [6.45, 7) is 4.16. The second-order valence-corrected chi connectivity index (χ2v) is 4.23. The highest BCUT2D eigenvalue weighted by molar-refractivity contribution is 5.85. The fourth-order valence-corrected chi connectivity index (χ4v) is 2.01. The van der Waals surface area contributed by atoms with E-state index in [1.165, 1.54) is 0 Å². The maximum Gasteiger partial charge on any atom is 0.404 e. The van der Waals surface area contributed by atoms with Gasteiger partial charge in [0.15, 0.2) is 0 Å². The van der Waals surface area contributed by atoms with Gasteiger partial charge in [0.05, 0.1) is 5.41 Å². The minimum atomic E-state index is -1.11. The second kappa shape index (κ2) is 3.48. The Hall–Kier alpha value is -1.26. The van der Waals surface area contributed by atoms with Crippen LogP contribution in [0.4, 0.5) is 4.79 Å². The number of carbonyl (C=O) groups is 2. The van der Waals surface area contributed by atoms with E-state index < -0.39 is 17.4 Å². The Balaban J connectivity index is 2.59. The van der Waals surface area contributed by atoms with Crippen molar-refractivity contribution >= 4 is 12.0 Å². The van der Waals surface area contributed by atoms with Crippen molar-refractivity contribution in [3.8, 4) is 0 Å². The molecule has 5 heteroatoms. The summed E-state index contributed by atoms with van der Waals surface area (Å²) in [5.74, 6) is 0.176. The van der Waals surface area contributed by atoms with Gasteiger partial charge in [-0.2, -0.15) is 0 Å². The third-order valence-corrected chi connectivity index (χ3v) is 2.98. The molecule has 5 nitrogen and oxygen atoms in total. The predicted octanol–water partition coefficient (Wildman–Crippen LogP) is 0.402. The van der Waals surface area contributed by atoms with Gasteiger partial charge in [-0.25, -0.2) is 4.79 Å². The first kappa shape index (κ1) is 10.8. The third kappa shape index (κ3) is 1.81. The van der Waals surface area contributed by atoms with E-state index in [0.717, 1.165) is 0 Å². The lowest BCUT2D eigenvalue weighted by Crippen LogP contribution is -2.38. The van der Waals surface area contributed by atoms with Crippen LogP contribution in [0, 0.1) is 17.3 Å². The van der Waals surface area contributed by atoms with Crippen LogP contribution in [0.2, 0.25) is 0 Å². The molecule has 80 valence electrons. The second-order valence-electron chi connectivity index (χ2n) is 4.23. The number of rotatable bonds is 4. The van der Waals surface area contributed by atoms with Crippen LogP contribution in [-0.4, -0.2) is 23.7 Å². The molecule has 0 spiro atoms. The summed E-state index contributed by atoms with van der Waals surface area (Å²) in [4.78, 5) is 21.5. The molecule has 4 N–H and O–H groups in total. The maximum atomic E-state index is 11.2. The number of amides is 2. The van der Waals surface area contributed by atoms with E-state index in [4.69, 9.17) is 10.8 Å². The lowest BCUT2D eigenvalue weighted by molar-refractivity contribution is -0.123. The van der Waals surface area contributed by atoms with Gasteiger partial charge in [-0.1, -0.05) is 13.8 Å². The van der Waals surface area contributed by atoms with Crippen molar-refractivity contribution in [1.29, 1.82) is 0 Å². The summed E-state index contributed by atoms with van der Waals surface area (Å²) in [5.41, 5.74) is 4.64. The van der Waals surface area contributed by atoms with Crippen LogP contribution in [0.3, 0.4) is 0 Å². The summed E-state index contributed by atoms with van der Waals surface area (Å²) in [7, 11) is 0. The van der Waals surface area contributed by atoms with Crippen molar-refractivity contribution in [2.45, 2.75) is 20.3 Å². The normalized spacial score (nSPS) is 30.1. The molecule has 2 amide bonds. The molecule has 0 bridgehead atoms. The minimum Gasteiger partial charge on any atom is -0.465 e. The summed E-state index contributed by atoms with van der Waals surface area (Å²) in [6.07, 6.45) is -0.416. The third-order valence-electron chi connectivity index (χ3n) is 2.98. The van der Waals surface area contributed by atoms with Crippen molar-refractivity contribution in [3.05, 3.63) is 0 Å². The molecular weight excluding hydrogens is 184 g/mol. The topological polar surface area (TPSA) is 92.4 Å². The predicted molar refractivity (Wildman–Crippen MR) is 50.6 cm³/mol. The first-order chi connectivity index (χ1) is 6.40. The average molecular weight is 200 g/mol. The van der Waals surface area contributed by atoms with E-state index in [9.17, 15) is 9.59 Å². The quantitative estimate of drug-likeness (QED) is 0.613. The van der Waals surface area contributed by atoms with Gasteiger partial charge in [0.2, 0.25) is 5.91 Å². The molecule has 1 aliphatic rings. The van der Waals surface area contributed by atoms with E-state index in [1.54, 1.807) is 0 Å². The van der Waals surface area contributed by atoms with Gasteiger partial charge in [0.1, 0.15) is 0 Å². The highest BCUT2D eigenvalue weighted by Gasteiger charge is 2.59. The summed E-state index contributed by atoms with van der Waals surface area (Å²) >= 11 is 0. The lowest BCUT2D eigenvalue weighted by atomic mass is 9.96. The largest absolute Gasteiger partial charge is 0.465 e. The zero-order valence-corrected chi connectivity index (χ0v) is 8.41. The fourth-order valence-electron chi connectivity index (χ4n) is 2.01.